The van der Waals surface area contributed by atoms with Gasteiger partial charge in [0.15, 0.2) is 0 Å². The van der Waals surface area contributed by atoms with Crippen molar-refractivity contribution >= 4 is 12.4 Å². The number of hydrogen-bond acceptors (Lipinski definition) is 2. The average molecular weight is 230 g/mol. The monoisotopic (exact) mass is 229 g/mol. The zero-order chi connectivity index (χ0) is 11.0. The average Bonchev–Trinajstić information content (AvgIpc) is 2.08. The van der Waals surface area contributed by atoms with Crippen molar-refractivity contribution in [3.05, 3.63) is 42.5 Å². The molecule has 3 heteroatoms. The zero-order valence-electron chi connectivity index (χ0n) is 9.60. The first-order valence-corrected chi connectivity index (χ1v) is 4.56. The largest absolute Gasteiger partial charge is 0.508 e. The lowest BCUT2D eigenvalue weighted by atomic mass is 10.1. The molecule has 1 aromatic rings. The third-order valence-electron chi connectivity index (χ3n) is 1.36. The van der Waals surface area contributed by atoms with Crippen LogP contribution in [-0.4, -0.2) is 31.1 Å². The van der Waals surface area contributed by atoms with E-state index in [-0.39, 0.29) is 12.4 Å². The lowest BCUT2D eigenvalue weighted by Gasteiger charge is -1.97. The maximum absolute atomic E-state index is 9.19. The van der Waals surface area contributed by atoms with Gasteiger partial charge in [0.1, 0.15) is 5.75 Å². The van der Waals surface area contributed by atoms with E-state index in [1.807, 2.05) is 44.2 Å². The van der Waals surface area contributed by atoms with Gasteiger partial charge in [-0.15, -0.1) is 19.0 Å². The standard InChI is InChI=1S/C9H10O.C3H9N.ClH/c1-2-5-8-6-3-4-7-9(8)10;1-4(2)3;/h2-4,6-7,10H,1,5H2;1-3H3;1H. The maximum Gasteiger partial charge on any atom is 0.119 e. The van der Waals surface area contributed by atoms with Crippen LogP contribution in [-0.2, 0) is 6.42 Å². The van der Waals surface area contributed by atoms with Crippen molar-refractivity contribution in [3.63, 3.8) is 0 Å². The minimum absolute atomic E-state index is 0. The van der Waals surface area contributed by atoms with E-state index in [1.54, 1.807) is 12.1 Å². The molecular formula is C12H20ClNO. The van der Waals surface area contributed by atoms with Crippen molar-refractivity contribution in [3.8, 4) is 5.75 Å². The van der Waals surface area contributed by atoms with E-state index in [2.05, 4.69) is 6.58 Å². The molecule has 1 aromatic carbocycles. The minimum atomic E-state index is 0. The molecule has 86 valence electrons. The van der Waals surface area contributed by atoms with Crippen molar-refractivity contribution in [2.45, 2.75) is 6.42 Å². The summed E-state index contributed by atoms with van der Waals surface area (Å²) in [6.45, 7) is 3.59. The van der Waals surface area contributed by atoms with E-state index >= 15 is 0 Å². The van der Waals surface area contributed by atoms with Crippen molar-refractivity contribution in [1.82, 2.24) is 4.90 Å². The third kappa shape index (κ3) is 9.32. The number of hydrogen-bond donors (Lipinski definition) is 1. The van der Waals surface area contributed by atoms with Gasteiger partial charge in [-0.2, -0.15) is 0 Å². The van der Waals surface area contributed by atoms with Gasteiger partial charge in [0, 0.05) is 0 Å². The second-order valence-corrected chi connectivity index (χ2v) is 3.46. The molecule has 1 N–H and O–H groups in total. The lowest BCUT2D eigenvalue weighted by Crippen LogP contribution is -1.99. The molecule has 0 radical (unpaired) electrons. The molecule has 0 saturated carbocycles. The summed E-state index contributed by atoms with van der Waals surface area (Å²) in [6.07, 6.45) is 2.50. The Morgan fingerprint density at radius 2 is 1.73 bits per heavy atom. The van der Waals surface area contributed by atoms with Gasteiger partial charge in [0.2, 0.25) is 0 Å². The van der Waals surface area contributed by atoms with E-state index in [0.717, 1.165) is 12.0 Å². The Morgan fingerprint density at radius 3 is 2.13 bits per heavy atom. The number of para-hydroxylation sites is 1. The number of nitrogens with zero attached hydrogens (tertiary/aromatic N) is 1. The second kappa shape index (κ2) is 9.56. The van der Waals surface area contributed by atoms with Gasteiger partial charge in [0.25, 0.3) is 0 Å². The van der Waals surface area contributed by atoms with Crippen LogP contribution in [0.1, 0.15) is 5.56 Å². The van der Waals surface area contributed by atoms with Crippen LogP contribution in [0.15, 0.2) is 36.9 Å². The molecule has 0 unspecified atom stereocenters. The summed E-state index contributed by atoms with van der Waals surface area (Å²) in [5, 5.41) is 9.19. The normalized spacial score (nSPS) is 8.53. The summed E-state index contributed by atoms with van der Waals surface area (Å²) < 4.78 is 0. The third-order valence-corrected chi connectivity index (χ3v) is 1.36. The first kappa shape index (κ1) is 16.4. The molecule has 0 aromatic heterocycles. The summed E-state index contributed by atoms with van der Waals surface area (Å²) in [6, 6.07) is 7.27. The van der Waals surface area contributed by atoms with Crippen LogP contribution in [0.2, 0.25) is 0 Å². The van der Waals surface area contributed by atoms with Crippen LogP contribution < -0.4 is 0 Å². The second-order valence-electron chi connectivity index (χ2n) is 3.46. The predicted octanol–water partition coefficient (Wildman–Crippen LogP) is 2.72. The van der Waals surface area contributed by atoms with E-state index < -0.39 is 0 Å². The van der Waals surface area contributed by atoms with E-state index in [0.29, 0.717) is 5.75 Å². The van der Waals surface area contributed by atoms with Gasteiger partial charge >= 0.3 is 0 Å². The first-order valence-electron chi connectivity index (χ1n) is 4.56. The summed E-state index contributed by atoms with van der Waals surface area (Å²) in [7, 11) is 6.00. The Labute approximate surface area is 98.6 Å². The molecule has 0 aliphatic carbocycles. The summed E-state index contributed by atoms with van der Waals surface area (Å²) >= 11 is 0. The molecule has 0 atom stereocenters. The maximum atomic E-state index is 9.19. The first-order chi connectivity index (χ1) is 6.57. The van der Waals surface area contributed by atoms with Gasteiger partial charge in [-0.25, -0.2) is 0 Å². The van der Waals surface area contributed by atoms with Gasteiger partial charge in [-0.3, -0.25) is 0 Å². The van der Waals surface area contributed by atoms with Gasteiger partial charge in [-0.05, 0) is 39.2 Å². The number of benzene rings is 1. The van der Waals surface area contributed by atoms with E-state index in [1.165, 1.54) is 0 Å². The van der Waals surface area contributed by atoms with Crippen LogP contribution in [0, 0.1) is 0 Å². The fraction of sp³-hybridized carbons (Fsp3) is 0.333. The molecule has 0 amide bonds. The Morgan fingerprint density at radius 1 is 1.27 bits per heavy atom. The van der Waals surface area contributed by atoms with Crippen LogP contribution in [0.3, 0.4) is 0 Å². The Bertz CT molecular complexity index is 271. The highest BCUT2D eigenvalue weighted by molar-refractivity contribution is 5.85. The topological polar surface area (TPSA) is 23.5 Å². The summed E-state index contributed by atoms with van der Waals surface area (Å²) in [5.41, 5.74) is 0.928. The molecule has 15 heavy (non-hydrogen) atoms. The summed E-state index contributed by atoms with van der Waals surface area (Å²) in [5.74, 6) is 0.349. The molecule has 0 bridgehead atoms. The fourth-order valence-electron chi connectivity index (χ4n) is 0.839. The number of rotatable bonds is 2. The Hall–Kier alpha value is -0.990. The van der Waals surface area contributed by atoms with Crippen LogP contribution in [0.4, 0.5) is 0 Å². The Kier molecular flexibility index (Phi) is 10.5. The molecule has 0 heterocycles. The van der Waals surface area contributed by atoms with Crippen LogP contribution in [0.5, 0.6) is 5.75 Å². The number of halogens is 1. The van der Waals surface area contributed by atoms with Gasteiger partial charge < -0.3 is 10.0 Å². The molecular weight excluding hydrogens is 210 g/mol. The highest BCUT2D eigenvalue weighted by atomic mass is 35.5. The van der Waals surface area contributed by atoms with Crippen molar-refractivity contribution in [2.75, 3.05) is 21.1 Å². The lowest BCUT2D eigenvalue weighted by molar-refractivity contribution is 0.470. The predicted molar refractivity (Wildman–Crippen MR) is 68.9 cm³/mol. The highest BCUT2D eigenvalue weighted by Gasteiger charge is 1.93. The minimum Gasteiger partial charge on any atom is -0.508 e. The van der Waals surface area contributed by atoms with E-state index in [9.17, 15) is 5.11 Å². The smallest absolute Gasteiger partial charge is 0.119 e. The molecule has 0 aliphatic heterocycles. The Balaban J connectivity index is 0. The fourth-order valence-corrected chi connectivity index (χ4v) is 0.839. The molecule has 1 rings (SSSR count). The summed E-state index contributed by atoms with van der Waals surface area (Å²) in [4.78, 5) is 2.00. The van der Waals surface area contributed by atoms with Gasteiger partial charge in [0.05, 0.1) is 0 Å². The molecule has 0 spiro atoms. The number of phenolic OH excluding ortho intramolecular Hbond substituents is 1. The SMILES string of the molecule is C=CCc1ccccc1O.CN(C)C.Cl. The highest BCUT2D eigenvalue weighted by Crippen LogP contribution is 2.15. The number of allylic oxidation sites excluding steroid dienone is 1. The van der Waals surface area contributed by atoms with Crippen molar-refractivity contribution in [2.24, 2.45) is 0 Å². The van der Waals surface area contributed by atoms with Gasteiger partial charge in [-0.1, -0.05) is 24.3 Å². The number of phenols is 1. The zero-order valence-corrected chi connectivity index (χ0v) is 10.4. The van der Waals surface area contributed by atoms with Crippen LogP contribution >= 0.6 is 12.4 Å². The molecule has 0 aliphatic rings. The van der Waals surface area contributed by atoms with Crippen LogP contribution in [0.25, 0.3) is 0 Å². The number of aromatic hydroxyl groups is 1. The molecule has 2 nitrogen and oxygen atoms in total. The van der Waals surface area contributed by atoms with E-state index in [4.69, 9.17) is 0 Å². The van der Waals surface area contributed by atoms with Crippen molar-refractivity contribution in [1.29, 1.82) is 0 Å². The molecule has 0 saturated heterocycles. The quantitative estimate of drug-likeness (QED) is 0.789. The van der Waals surface area contributed by atoms with Crippen molar-refractivity contribution < 1.29 is 5.11 Å². The molecule has 0 fully saturated rings.